The molecule has 20 heavy (non-hydrogen) atoms. The van der Waals surface area contributed by atoms with Crippen molar-refractivity contribution in [2.75, 3.05) is 5.32 Å². The first-order valence-corrected chi connectivity index (χ1v) is 8.13. The molecule has 0 saturated heterocycles. The second-order valence-electron chi connectivity index (χ2n) is 4.12. The molecule has 0 spiro atoms. The molecule has 1 amide bonds. The number of amides is 1. The lowest BCUT2D eigenvalue weighted by molar-refractivity contribution is -0.117. The summed E-state index contributed by atoms with van der Waals surface area (Å²) in [7, 11) is 0. The molecule has 3 nitrogen and oxygen atoms in total. The van der Waals surface area contributed by atoms with Crippen LogP contribution in [0.25, 0.3) is 0 Å². The Morgan fingerprint density at radius 3 is 2.15 bits per heavy atom. The third-order valence-corrected chi connectivity index (χ3v) is 4.40. The normalized spacial score (nSPS) is 12.0. The maximum absolute atomic E-state index is 12.2. The standard InChI is InChI=1S/C14H11Br3N2O/c15-9-6-10(16)13(11(17)7-9)19-14(20)12(18)8-4-2-1-3-5-8/h1-7,12H,18H2,(H,19,20)/t12-/m0/s1. The molecule has 0 bridgehead atoms. The molecule has 0 saturated carbocycles. The molecule has 0 aliphatic rings. The largest absolute Gasteiger partial charge is 0.322 e. The third kappa shape index (κ3) is 3.69. The van der Waals surface area contributed by atoms with Crippen LogP contribution in [0.4, 0.5) is 5.69 Å². The number of rotatable bonds is 3. The Labute approximate surface area is 142 Å². The molecule has 2 rings (SSSR count). The summed E-state index contributed by atoms with van der Waals surface area (Å²) >= 11 is 10.2. The highest BCUT2D eigenvalue weighted by molar-refractivity contribution is 9.11. The van der Waals surface area contributed by atoms with Crippen molar-refractivity contribution in [1.82, 2.24) is 0 Å². The Morgan fingerprint density at radius 2 is 1.60 bits per heavy atom. The van der Waals surface area contributed by atoms with Gasteiger partial charge in [-0.1, -0.05) is 46.3 Å². The molecule has 6 heteroatoms. The number of hydrogen-bond donors (Lipinski definition) is 2. The van der Waals surface area contributed by atoms with Gasteiger partial charge in [-0.25, -0.2) is 0 Å². The van der Waals surface area contributed by atoms with Crippen molar-refractivity contribution in [3.8, 4) is 0 Å². The minimum absolute atomic E-state index is 0.264. The fourth-order valence-corrected chi connectivity index (χ4v) is 4.13. The Morgan fingerprint density at radius 1 is 1.05 bits per heavy atom. The monoisotopic (exact) mass is 460 g/mol. The maximum atomic E-state index is 12.2. The van der Waals surface area contributed by atoms with Crippen LogP contribution < -0.4 is 11.1 Å². The quantitative estimate of drug-likeness (QED) is 0.699. The average molecular weight is 463 g/mol. The van der Waals surface area contributed by atoms with E-state index in [1.807, 2.05) is 42.5 Å². The first kappa shape index (κ1) is 15.7. The van der Waals surface area contributed by atoms with E-state index in [4.69, 9.17) is 5.73 Å². The van der Waals surface area contributed by atoms with Gasteiger partial charge in [0, 0.05) is 13.4 Å². The van der Waals surface area contributed by atoms with Crippen molar-refractivity contribution in [1.29, 1.82) is 0 Å². The van der Waals surface area contributed by atoms with Crippen molar-refractivity contribution in [3.05, 3.63) is 61.4 Å². The smallest absolute Gasteiger partial charge is 0.245 e. The molecule has 2 aromatic rings. The van der Waals surface area contributed by atoms with Crippen LogP contribution in [0.1, 0.15) is 11.6 Å². The lowest BCUT2D eigenvalue weighted by Crippen LogP contribution is -2.28. The number of carbonyl (C=O) groups is 1. The lowest BCUT2D eigenvalue weighted by atomic mass is 10.1. The number of carbonyl (C=O) groups excluding carboxylic acids is 1. The zero-order valence-corrected chi connectivity index (χ0v) is 15.0. The fraction of sp³-hybridized carbons (Fsp3) is 0.0714. The molecule has 104 valence electrons. The summed E-state index contributed by atoms with van der Waals surface area (Å²) in [6, 6.07) is 12.3. The minimum Gasteiger partial charge on any atom is -0.322 e. The predicted molar refractivity (Wildman–Crippen MR) is 91.5 cm³/mol. The van der Waals surface area contributed by atoms with Crippen molar-refractivity contribution in [2.45, 2.75) is 6.04 Å². The van der Waals surface area contributed by atoms with Crippen LogP contribution in [-0.4, -0.2) is 5.91 Å². The van der Waals surface area contributed by atoms with Crippen LogP contribution in [-0.2, 0) is 4.79 Å². The molecule has 2 aromatic carbocycles. The number of anilines is 1. The van der Waals surface area contributed by atoms with E-state index in [-0.39, 0.29) is 5.91 Å². The molecule has 0 heterocycles. The molecule has 3 N–H and O–H groups in total. The van der Waals surface area contributed by atoms with Gasteiger partial charge in [-0.15, -0.1) is 0 Å². The summed E-state index contributed by atoms with van der Waals surface area (Å²) in [4.78, 5) is 12.2. The number of benzene rings is 2. The average Bonchev–Trinajstić information content (AvgIpc) is 2.42. The fourth-order valence-electron chi connectivity index (χ4n) is 1.67. The molecular formula is C14H11Br3N2O. The molecule has 0 fully saturated rings. The highest BCUT2D eigenvalue weighted by Gasteiger charge is 2.18. The van der Waals surface area contributed by atoms with Crippen molar-refractivity contribution in [2.24, 2.45) is 5.73 Å². The van der Waals surface area contributed by atoms with Gasteiger partial charge in [-0.3, -0.25) is 4.79 Å². The van der Waals surface area contributed by atoms with Crippen molar-refractivity contribution < 1.29 is 4.79 Å². The van der Waals surface area contributed by atoms with Crippen LogP contribution in [0, 0.1) is 0 Å². The van der Waals surface area contributed by atoms with Gasteiger partial charge in [0.2, 0.25) is 5.91 Å². The third-order valence-electron chi connectivity index (χ3n) is 2.70. The van der Waals surface area contributed by atoms with Crippen LogP contribution in [0.15, 0.2) is 55.9 Å². The summed E-state index contributed by atoms with van der Waals surface area (Å²) in [5.74, 6) is -0.264. The highest BCUT2D eigenvalue weighted by Crippen LogP contribution is 2.34. The summed E-state index contributed by atoms with van der Waals surface area (Å²) < 4.78 is 2.45. The Balaban J connectivity index is 2.20. The van der Waals surface area contributed by atoms with Crippen LogP contribution in [0.5, 0.6) is 0 Å². The summed E-state index contributed by atoms with van der Waals surface area (Å²) in [5, 5.41) is 2.83. The first-order chi connectivity index (χ1) is 9.49. The Kier molecular flexibility index (Phi) is 5.37. The van der Waals surface area contributed by atoms with Crippen LogP contribution in [0.3, 0.4) is 0 Å². The molecule has 1 atom stereocenters. The second kappa shape index (κ2) is 6.85. The SMILES string of the molecule is N[C@H](C(=O)Nc1c(Br)cc(Br)cc1Br)c1ccccc1. The van der Waals surface area contributed by atoms with Crippen LogP contribution >= 0.6 is 47.8 Å². The predicted octanol–water partition coefficient (Wildman–Crippen LogP) is 4.61. The number of nitrogens with two attached hydrogens (primary N) is 1. The van der Waals surface area contributed by atoms with E-state index in [1.54, 1.807) is 0 Å². The van der Waals surface area contributed by atoms with E-state index < -0.39 is 6.04 Å². The molecule has 0 radical (unpaired) electrons. The van der Waals surface area contributed by atoms with Gasteiger partial charge in [0.15, 0.2) is 0 Å². The topological polar surface area (TPSA) is 55.1 Å². The number of hydrogen-bond acceptors (Lipinski definition) is 2. The first-order valence-electron chi connectivity index (χ1n) is 5.75. The van der Waals surface area contributed by atoms with Gasteiger partial charge in [-0.05, 0) is 49.6 Å². The van der Waals surface area contributed by atoms with Gasteiger partial charge in [0.1, 0.15) is 6.04 Å². The van der Waals surface area contributed by atoms with E-state index in [2.05, 4.69) is 53.1 Å². The van der Waals surface area contributed by atoms with Crippen LogP contribution in [0.2, 0.25) is 0 Å². The highest BCUT2D eigenvalue weighted by atomic mass is 79.9. The van der Waals surface area contributed by atoms with Crippen molar-refractivity contribution >= 4 is 59.4 Å². The number of halogens is 3. The van der Waals surface area contributed by atoms with E-state index in [0.29, 0.717) is 5.69 Å². The lowest BCUT2D eigenvalue weighted by Gasteiger charge is -2.15. The van der Waals surface area contributed by atoms with Gasteiger partial charge in [0.05, 0.1) is 5.69 Å². The summed E-state index contributed by atoms with van der Waals surface area (Å²) in [6.45, 7) is 0. The molecule has 0 unspecified atom stereocenters. The Bertz CT molecular complexity index is 609. The van der Waals surface area contributed by atoms with Gasteiger partial charge < -0.3 is 11.1 Å². The minimum atomic E-state index is -0.710. The zero-order valence-electron chi connectivity index (χ0n) is 10.2. The zero-order chi connectivity index (χ0) is 14.7. The van der Waals surface area contributed by atoms with E-state index in [1.165, 1.54) is 0 Å². The summed E-state index contributed by atoms with van der Waals surface area (Å²) in [6.07, 6.45) is 0. The van der Waals surface area contributed by atoms with Crippen molar-refractivity contribution in [3.63, 3.8) is 0 Å². The molecule has 0 aromatic heterocycles. The Hall–Kier alpha value is -0.690. The molecular weight excluding hydrogens is 452 g/mol. The summed E-state index contributed by atoms with van der Waals surface area (Å²) in [5.41, 5.74) is 7.39. The second-order valence-corrected chi connectivity index (χ2v) is 6.75. The molecule has 0 aliphatic carbocycles. The van der Waals surface area contributed by atoms with E-state index in [9.17, 15) is 4.79 Å². The van der Waals surface area contributed by atoms with E-state index >= 15 is 0 Å². The van der Waals surface area contributed by atoms with E-state index in [0.717, 1.165) is 19.0 Å². The number of nitrogens with one attached hydrogen (secondary N) is 1. The maximum Gasteiger partial charge on any atom is 0.245 e. The molecule has 0 aliphatic heterocycles. The van der Waals surface area contributed by atoms with Gasteiger partial charge in [-0.2, -0.15) is 0 Å². The van der Waals surface area contributed by atoms with Gasteiger partial charge >= 0.3 is 0 Å². The van der Waals surface area contributed by atoms with Gasteiger partial charge in [0.25, 0.3) is 0 Å².